The van der Waals surface area contributed by atoms with Crippen molar-refractivity contribution in [3.63, 3.8) is 0 Å². The van der Waals surface area contributed by atoms with Crippen LogP contribution in [0.4, 0.5) is 0 Å². The number of aromatic nitrogens is 6. The summed E-state index contributed by atoms with van der Waals surface area (Å²) in [7, 11) is 1.92. The first kappa shape index (κ1) is 15.4. The predicted octanol–water partition coefficient (Wildman–Crippen LogP) is 1.04. The number of aryl methyl sites for hydroxylation is 1. The first-order chi connectivity index (χ1) is 11.8. The van der Waals surface area contributed by atoms with E-state index in [0.29, 0.717) is 0 Å². The molecular weight excluding hydrogens is 326 g/mol. The Morgan fingerprint density at radius 3 is 3.12 bits per heavy atom. The third-order valence-electron chi connectivity index (χ3n) is 3.97. The van der Waals surface area contributed by atoms with Crippen LogP contribution in [0.15, 0.2) is 30.4 Å². The maximum absolute atomic E-state index is 5.84. The maximum atomic E-state index is 5.84. The summed E-state index contributed by atoms with van der Waals surface area (Å²) < 4.78 is 9.45. The van der Waals surface area contributed by atoms with Crippen LogP contribution in [0.5, 0.6) is 0 Å². The molecule has 0 saturated carbocycles. The van der Waals surface area contributed by atoms with Gasteiger partial charge in [0, 0.05) is 43.8 Å². The molecule has 3 aromatic heterocycles. The molecule has 8 nitrogen and oxygen atoms in total. The third kappa shape index (κ3) is 3.53. The van der Waals surface area contributed by atoms with Crippen LogP contribution in [0.1, 0.15) is 5.69 Å². The van der Waals surface area contributed by atoms with E-state index in [1.165, 1.54) is 0 Å². The number of hydrogen-bond acceptors (Lipinski definition) is 7. The van der Waals surface area contributed by atoms with Crippen molar-refractivity contribution in [3.8, 4) is 10.6 Å². The van der Waals surface area contributed by atoms with E-state index in [-0.39, 0.29) is 6.10 Å². The Morgan fingerprint density at radius 1 is 1.38 bits per heavy atom. The molecule has 3 aromatic rings. The minimum atomic E-state index is 0.136. The zero-order valence-electron chi connectivity index (χ0n) is 13.4. The standard InChI is InChI=1S/C15H19N7OS/c1-20-5-12(4-17-20)15-19-13(9-24-15)6-21-2-3-23-14(7-21)8-22-11-16-10-18-22/h4-5,9-11,14H,2-3,6-8H2,1H3/t14-/m0/s1. The second-order valence-corrected chi connectivity index (χ2v) is 6.75. The zero-order chi connectivity index (χ0) is 16.4. The Labute approximate surface area is 143 Å². The van der Waals surface area contributed by atoms with Gasteiger partial charge in [-0.05, 0) is 0 Å². The van der Waals surface area contributed by atoms with Gasteiger partial charge in [0.15, 0.2) is 0 Å². The number of nitrogens with zero attached hydrogens (tertiary/aromatic N) is 7. The Bertz CT molecular complexity index is 781. The average Bonchev–Trinajstić information content (AvgIpc) is 3.30. The van der Waals surface area contributed by atoms with E-state index >= 15 is 0 Å². The molecule has 4 rings (SSSR count). The molecule has 0 aromatic carbocycles. The fourth-order valence-corrected chi connectivity index (χ4v) is 3.63. The molecule has 9 heteroatoms. The Kier molecular flexibility index (Phi) is 4.37. The van der Waals surface area contributed by atoms with Gasteiger partial charge in [0.05, 0.1) is 31.1 Å². The van der Waals surface area contributed by atoms with Gasteiger partial charge in [-0.25, -0.2) is 9.97 Å². The zero-order valence-corrected chi connectivity index (χ0v) is 14.3. The van der Waals surface area contributed by atoms with E-state index in [1.807, 2.05) is 24.1 Å². The largest absolute Gasteiger partial charge is 0.374 e. The molecule has 0 spiro atoms. The highest BCUT2D eigenvalue weighted by molar-refractivity contribution is 7.13. The molecule has 24 heavy (non-hydrogen) atoms. The molecule has 126 valence electrons. The van der Waals surface area contributed by atoms with E-state index in [4.69, 9.17) is 9.72 Å². The van der Waals surface area contributed by atoms with E-state index in [2.05, 4.69) is 25.5 Å². The quantitative estimate of drug-likeness (QED) is 0.688. The number of hydrogen-bond donors (Lipinski definition) is 0. The summed E-state index contributed by atoms with van der Waals surface area (Å²) >= 11 is 1.66. The van der Waals surface area contributed by atoms with Crippen molar-refractivity contribution >= 4 is 11.3 Å². The summed E-state index contributed by atoms with van der Waals surface area (Å²) in [6.45, 7) is 4.11. The van der Waals surface area contributed by atoms with Crippen LogP contribution in [0.25, 0.3) is 10.6 Å². The molecule has 1 saturated heterocycles. The smallest absolute Gasteiger partial charge is 0.137 e. The van der Waals surface area contributed by atoms with Gasteiger partial charge in [-0.2, -0.15) is 10.2 Å². The van der Waals surface area contributed by atoms with Gasteiger partial charge >= 0.3 is 0 Å². The molecule has 0 N–H and O–H groups in total. The molecule has 1 fully saturated rings. The predicted molar refractivity (Wildman–Crippen MR) is 89.4 cm³/mol. The highest BCUT2D eigenvalue weighted by atomic mass is 32.1. The van der Waals surface area contributed by atoms with Gasteiger partial charge < -0.3 is 4.74 Å². The Balaban J connectivity index is 1.37. The van der Waals surface area contributed by atoms with Gasteiger partial charge in [0.2, 0.25) is 0 Å². The van der Waals surface area contributed by atoms with Crippen molar-refractivity contribution in [1.82, 2.24) is 34.4 Å². The molecule has 1 aliphatic heterocycles. The van der Waals surface area contributed by atoms with Crippen LogP contribution in [0.3, 0.4) is 0 Å². The first-order valence-electron chi connectivity index (χ1n) is 7.86. The molecule has 0 radical (unpaired) electrons. The van der Waals surface area contributed by atoms with Gasteiger partial charge in [-0.1, -0.05) is 0 Å². The monoisotopic (exact) mass is 345 g/mol. The van der Waals surface area contributed by atoms with Gasteiger partial charge in [0.1, 0.15) is 17.7 Å². The van der Waals surface area contributed by atoms with Crippen LogP contribution in [0.2, 0.25) is 0 Å². The van der Waals surface area contributed by atoms with Crippen LogP contribution >= 0.6 is 11.3 Å². The molecule has 0 unspecified atom stereocenters. The molecule has 0 amide bonds. The van der Waals surface area contributed by atoms with Gasteiger partial charge in [0.25, 0.3) is 0 Å². The Morgan fingerprint density at radius 2 is 2.33 bits per heavy atom. The van der Waals surface area contributed by atoms with E-state index in [9.17, 15) is 0 Å². The van der Waals surface area contributed by atoms with Crippen LogP contribution in [0, 0.1) is 0 Å². The van der Waals surface area contributed by atoms with E-state index in [0.717, 1.165) is 49.1 Å². The number of ether oxygens (including phenoxy) is 1. The lowest BCUT2D eigenvalue weighted by atomic mass is 10.2. The normalized spacial score (nSPS) is 19.0. The lowest BCUT2D eigenvalue weighted by Gasteiger charge is -2.32. The molecule has 1 aliphatic rings. The molecule has 0 aliphatic carbocycles. The fraction of sp³-hybridized carbons (Fsp3) is 0.467. The number of morpholine rings is 1. The van der Waals surface area contributed by atoms with Crippen LogP contribution in [-0.2, 0) is 24.9 Å². The lowest BCUT2D eigenvalue weighted by molar-refractivity contribution is -0.0405. The number of rotatable bonds is 5. The molecular formula is C15H19N7OS. The topological polar surface area (TPSA) is 73.9 Å². The highest BCUT2D eigenvalue weighted by Gasteiger charge is 2.22. The Hall–Kier alpha value is -2.10. The molecule has 4 heterocycles. The highest BCUT2D eigenvalue weighted by Crippen LogP contribution is 2.24. The molecule has 1 atom stereocenters. The summed E-state index contributed by atoms with van der Waals surface area (Å²) in [5.74, 6) is 0. The van der Waals surface area contributed by atoms with Crippen LogP contribution in [-0.4, -0.2) is 60.2 Å². The van der Waals surface area contributed by atoms with Crippen molar-refractivity contribution in [2.75, 3.05) is 19.7 Å². The van der Waals surface area contributed by atoms with E-state index < -0.39 is 0 Å². The van der Waals surface area contributed by atoms with Crippen molar-refractivity contribution in [2.24, 2.45) is 7.05 Å². The van der Waals surface area contributed by atoms with E-state index in [1.54, 1.807) is 28.7 Å². The second-order valence-electron chi connectivity index (χ2n) is 5.89. The second kappa shape index (κ2) is 6.80. The minimum absolute atomic E-state index is 0.136. The van der Waals surface area contributed by atoms with Crippen molar-refractivity contribution in [1.29, 1.82) is 0 Å². The van der Waals surface area contributed by atoms with Gasteiger partial charge in [-0.3, -0.25) is 14.3 Å². The fourth-order valence-electron chi connectivity index (χ4n) is 2.84. The summed E-state index contributed by atoms with van der Waals surface area (Å²) in [6, 6.07) is 0. The van der Waals surface area contributed by atoms with Crippen molar-refractivity contribution < 1.29 is 4.74 Å². The lowest BCUT2D eigenvalue weighted by Crippen LogP contribution is -2.43. The third-order valence-corrected chi connectivity index (χ3v) is 4.91. The average molecular weight is 345 g/mol. The first-order valence-corrected chi connectivity index (χ1v) is 8.74. The summed E-state index contributed by atoms with van der Waals surface area (Å²) in [5, 5.41) is 11.5. The minimum Gasteiger partial charge on any atom is -0.374 e. The molecule has 0 bridgehead atoms. The van der Waals surface area contributed by atoms with Crippen LogP contribution < -0.4 is 0 Å². The SMILES string of the molecule is Cn1cc(-c2nc(CN3CCO[C@H](Cn4cncn4)C3)cs2)cn1. The summed E-state index contributed by atoms with van der Waals surface area (Å²) in [6.07, 6.45) is 7.26. The van der Waals surface area contributed by atoms with Crippen molar-refractivity contribution in [2.45, 2.75) is 19.2 Å². The summed E-state index contributed by atoms with van der Waals surface area (Å²) in [4.78, 5) is 11.1. The maximum Gasteiger partial charge on any atom is 0.137 e. The number of thiazole rings is 1. The van der Waals surface area contributed by atoms with Gasteiger partial charge in [-0.15, -0.1) is 11.3 Å². The summed E-state index contributed by atoms with van der Waals surface area (Å²) in [5.41, 5.74) is 2.17. The van der Waals surface area contributed by atoms with Crippen molar-refractivity contribution in [3.05, 3.63) is 36.1 Å².